The van der Waals surface area contributed by atoms with E-state index in [1.54, 1.807) is 6.07 Å². The van der Waals surface area contributed by atoms with Crippen molar-refractivity contribution in [3.8, 4) is 0 Å². The predicted molar refractivity (Wildman–Crippen MR) is 70.7 cm³/mol. The van der Waals surface area contributed by atoms with E-state index in [0.717, 1.165) is 18.4 Å². The number of hydrogen-bond donors (Lipinski definition) is 2. The van der Waals surface area contributed by atoms with Crippen molar-refractivity contribution in [3.63, 3.8) is 0 Å². The molecule has 0 unspecified atom stereocenters. The Balaban J connectivity index is 2.32. The molecule has 1 aliphatic carbocycles. The van der Waals surface area contributed by atoms with Gasteiger partial charge in [0.15, 0.2) is 5.69 Å². The van der Waals surface area contributed by atoms with Crippen molar-refractivity contribution in [2.45, 2.75) is 17.2 Å². The molecule has 1 heterocycles. The number of halogens is 1. The first-order valence-electron chi connectivity index (χ1n) is 5.50. The summed E-state index contributed by atoms with van der Waals surface area (Å²) in [6.45, 7) is 0. The SMILES string of the molecule is Nc1c(C(=O)O)nnc2c(C3(Br)CC3)cccc12. The first-order chi connectivity index (χ1) is 8.53. The second-order valence-corrected chi connectivity index (χ2v) is 5.95. The predicted octanol–water partition coefficient (Wildman–Crippen LogP) is 2.29. The van der Waals surface area contributed by atoms with E-state index in [-0.39, 0.29) is 15.7 Å². The van der Waals surface area contributed by atoms with Crippen LogP contribution >= 0.6 is 15.9 Å². The highest BCUT2D eigenvalue weighted by atomic mass is 79.9. The van der Waals surface area contributed by atoms with Crippen LogP contribution in [-0.2, 0) is 4.32 Å². The lowest BCUT2D eigenvalue weighted by Gasteiger charge is -2.11. The minimum absolute atomic E-state index is 0.0433. The highest BCUT2D eigenvalue weighted by Crippen LogP contribution is 2.55. The normalized spacial score (nSPS) is 16.7. The molecule has 1 aromatic heterocycles. The molecule has 1 aromatic carbocycles. The minimum Gasteiger partial charge on any atom is -0.476 e. The molecule has 0 saturated heterocycles. The number of benzene rings is 1. The van der Waals surface area contributed by atoms with Crippen molar-refractivity contribution in [1.82, 2.24) is 10.2 Å². The Kier molecular flexibility index (Phi) is 2.31. The maximum absolute atomic E-state index is 11.0. The molecule has 1 fully saturated rings. The van der Waals surface area contributed by atoms with Crippen LogP contribution in [0.5, 0.6) is 0 Å². The van der Waals surface area contributed by atoms with Gasteiger partial charge in [0.05, 0.1) is 15.5 Å². The van der Waals surface area contributed by atoms with E-state index in [4.69, 9.17) is 10.8 Å². The summed E-state index contributed by atoms with van der Waals surface area (Å²) in [5.74, 6) is -1.16. The van der Waals surface area contributed by atoms with Gasteiger partial charge in [0.1, 0.15) is 0 Å². The van der Waals surface area contributed by atoms with E-state index in [1.165, 1.54) is 0 Å². The van der Waals surface area contributed by atoms with Gasteiger partial charge < -0.3 is 10.8 Å². The van der Waals surface area contributed by atoms with Crippen LogP contribution in [0, 0.1) is 0 Å². The zero-order chi connectivity index (χ0) is 12.9. The fraction of sp³-hybridized carbons (Fsp3) is 0.250. The molecule has 1 saturated carbocycles. The smallest absolute Gasteiger partial charge is 0.358 e. The van der Waals surface area contributed by atoms with Crippen LogP contribution in [0.4, 0.5) is 5.69 Å². The van der Waals surface area contributed by atoms with Gasteiger partial charge in [0.2, 0.25) is 0 Å². The van der Waals surface area contributed by atoms with Crippen molar-refractivity contribution < 1.29 is 9.90 Å². The Hall–Kier alpha value is -1.69. The molecule has 18 heavy (non-hydrogen) atoms. The second-order valence-electron chi connectivity index (χ2n) is 4.43. The lowest BCUT2D eigenvalue weighted by molar-refractivity contribution is 0.0691. The number of aromatic nitrogens is 2. The zero-order valence-electron chi connectivity index (χ0n) is 9.35. The van der Waals surface area contributed by atoms with E-state index in [9.17, 15) is 4.79 Å². The maximum Gasteiger partial charge on any atom is 0.358 e. The number of carbonyl (C=O) groups is 1. The highest BCUT2D eigenvalue weighted by molar-refractivity contribution is 9.09. The van der Waals surface area contributed by atoms with Crippen molar-refractivity contribution in [1.29, 1.82) is 0 Å². The molecule has 0 radical (unpaired) electrons. The molecule has 0 amide bonds. The Morgan fingerprint density at radius 2 is 2.11 bits per heavy atom. The van der Waals surface area contributed by atoms with E-state index in [1.807, 2.05) is 12.1 Å². The first-order valence-corrected chi connectivity index (χ1v) is 6.30. The Labute approximate surface area is 111 Å². The van der Waals surface area contributed by atoms with Crippen LogP contribution in [0.3, 0.4) is 0 Å². The molecule has 0 spiro atoms. The fourth-order valence-corrected chi connectivity index (χ4v) is 2.57. The highest BCUT2D eigenvalue weighted by Gasteiger charge is 2.43. The average Bonchev–Trinajstić information content (AvgIpc) is 3.08. The van der Waals surface area contributed by atoms with Gasteiger partial charge in [0, 0.05) is 5.39 Å². The molecule has 5 nitrogen and oxygen atoms in total. The Morgan fingerprint density at radius 1 is 1.39 bits per heavy atom. The number of carboxylic acids is 1. The molecule has 0 aliphatic heterocycles. The lowest BCUT2D eigenvalue weighted by atomic mass is 10.0. The van der Waals surface area contributed by atoms with Gasteiger partial charge in [-0.3, -0.25) is 0 Å². The Morgan fingerprint density at radius 3 is 2.72 bits per heavy atom. The quantitative estimate of drug-likeness (QED) is 0.831. The fourth-order valence-electron chi connectivity index (χ4n) is 2.05. The van der Waals surface area contributed by atoms with Crippen LogP contribution in [0.15, 0.2) is 18.2 Å². The summed E-state index contributed by atoms with van der Waals surface area (Å²) >= 11 is 3.67. The monoisotopic (exact) mass is 307 g/mol. The standard InChI is InChI=1S/C12H10BrN3O2/c13-12(4-5-12)7-3-1-2-6-8(14)10(11(17)18)16-15-9(6)7/h1-3H,4-5H2,(H2,14,15)(H,17,18). The number of alkyl halides is 1. The number of anilines is 1. The number of nitrogens with zero attached hydrogens (tertiary/aromatic N) is 2. The summed E-state index contributed by atoms with van der Waals surface area (Å²) in [4.78, 5) is 11.0. The van der Waals surface area contributed by atoms with Crippen LogP contribution in [-0.4, -0.2) is 21.3 Å². The van der Waals surface area contributed by atoms with Crippen molar-refractivity contribution in [2.24, 2.45) is 0 Å². The third-order valence-electron chi connectivity index (χ3n) is 3.21. The number of aromatic carboxylic acids is 1. The summed E-state index contributed by atoms with van der Waals surface area (Å²) in [6.07, 6.45) is 2.07. The molecule has 2 aromatic rings. The molecule has 0 bridgehead atoms. The molecule has 3 rings (SSSR count). The number of nitrogen functional groups attached to an aromatic ring is 1. The number of hydrogen-bond acceptors (Lipinski definition) is 4. The van der Waals surface area contributed by atoms with E-state index < -0.39 is 5.97 Å². The number of rotatable bonds is 2. The van der Waals surface area contributed by atoms with Gasteiger partial charge in [-0.1, -0.05) is 34.1 Å². The molecule has 0 atom stereocenters. The number of nitrogens with two attached hydrogens (primary N) is 1. The summed E-state index contributed by atoms with van der Waals surface area (Å²) in [5, 5.41) is 17.4. The van der Waals surface area contributed by atoms with Crippen molar-refractivity contribution >= 4 is 38.5 Å². The first kappa shape index (κ1) is 11.4. The molecule has 3 N–H and O–H groups in total. The topological polar surface area (TPSA) is 89.1 Å². The largest absolute Gasteiger partial charge is 0.476 e. The van der Waals surface area contributed by atoms with Crippen LogP contribution in [0.25, 0.3) is 10.9 Å². The average molecular weight is 308 g/mol. The number of carboxylic acid groups (broad SMARTS) is 1. The number of fused-ring (bicyclic) bond motifs is 1. The van der Waals surface area contributed by atoms with Crippen molar-refractivity contribution in [2.75, 3.05) is 5.73 Å². The van der Waals surface area contributed by atoms with Gasteiger partial charge in [0.25, 0.3) is 0 Å². The van der Waals surface area contributed by atoms with Gasteiger partial charge in [-0.15, -0.1) is 10.2 Å². The molecular formula is C12H10BrN3O2. The third kappa shape index (κ3) is 1.56. The van der Waals surface area contributed by atoms with Gasteiger partial charge in [-0.25, -0.2) is 4.79 Å². The molecule has 1 aliphatic rings. The summed E-state index contributed by atoms with van der Waals surface area (Å²) in [6, 6.07) is 5.61. The zero-order valence-corrected chi connectivity index (χ0v) is 10.9. The van der Waals surface area contributed by atoms with Gasteiger partial charge >= 0.3 is 5.97 Å². The van der Waals surface area contributed by atoms with E-state index in [2.05, 4.69) is 26.1 Å². The van der Waals surface area contributed by atoms with Gasteiger partial charge in [-0.2, -0.15) is 0 Å². The summed E-state index contributed by atoms with van der Waals surface area (Å²) < 4.78 is -0.0433. The Bertz CT molecular complexity index is 668. The summed E-state index contributed by atoms with van der Waals surface area (Å²) in [7, 11) is 0. The molecular weight excluding hydrogens is 298 g/mol. The maximum atomic E-state index is 11.0. The van der Waals surface area contributed by atoms with Gasteiger partial charge in [-0.05, 0) is 18.4 Å². The van der Waals surface area contributed by atoms with Crippen LogP contribution in [0.2, 0.25) is 0 Å². The lowest BCUT2D eigenvalue weighted by Crippen LogP contribution is -2.09. The van der Waals surface area contributed by atoms with Crippen LogP contribution < -0.4 is 5.73 Å². The van der Waals surface area contributed by atoms with E-state index in [0.29, 0.717) is 10.9 Å². The second kappa shape index (κ2) is 3.65. The van der Waals surface area contributed by atoms with Crippen molar-refractivity contribution in [3.05, 3.63) is 29.5 Å². The minimum atomic E-state index is -1.16. The summed E-state index contributed by atoms with van der Waals surface area (Å²) in [5.41, 5.74) is 7.53. The molecule has 92 valence electrons. The van der Waals surface area contributed by atoms with Crippen LogP contribution in [0.1, 0.15) is 28.9 Å². The third-order valence-corrected chi connectivity index (χ3v) is 4.43. The van der Waals surface area contributed by atoms with E-state index >= 15 is 0 Å². The molecule has 6 heteroatoms.